The number of nitro benzene ring substituents is 1. The molecule has 28 heavy (non-hydrogen) atoms. The highest BCUT2D eigenvalue weighted by atomic mass is 32.2. The molecule has 3 aromatic carbocycles. The Morgan fingerprint density at radius 1 is 0.929 bits per heavy atom. The van der Waals surface area contributed by atoms with Gasteiger partial charge in [-0.15, -0.1) is 0 Å². The minimum absolute atomic E-state index is 0. The molecule has 0 aromatic heterocycles. The molecule has 3 rings (SSSR count). The zero-order valence-electron chi connectivity index (χ0n) is 13.8. The molecule has 0 aliphatic heterocycles. The number of nitrogens with zero attached hydrogens (tertiary/aromatic N) is 2. The van der Waals surface area contributed by atoms with E-state index in [-0.39, 0.29) is 30.2 Å². The average molecular weight is 402 g/mol. The topological polar surface area (TPSA) is 110 Å². The van der Waals surface area contributed by atoms with Crippen LogP contribution in [-0.4, -0.2) is 17.9 Å². The highest BCUT2D eigenvalue weighted by molar-refractivity contribution is 7.87. The molecule has 0 atom stereocenters. The van der Waals surface area contributed by atoms with Crippen molar-refractivity contribution in [2.75, 3.05) is 4.31 Å². The average Bonchev–Trinajstić information content (AvgIpc) is 2.63. The Morgan fingerprint density at radius 2 is 1.50 bits per heavy atom. The molecule has 0 fully saturated rings. The van der Waals surface area contributed by atoms with Crippen LogP contribution in [0.1, 0.15) is 7.43 Å². The minimum Gasteiger partial charge on any atom is -0.455 e. The summed E-state index contributed by atoms with van der Waals surface area (Å²) in [6.45, 7) is 0. The smallest absolute Gasteiger partial charge is 0.364 e. The molecule has 0 aliphatic carbocycles. The van der Waals surface area contributed by atoms with Crippen molar-refractivity contribution in [3.63, 3.8) is 0 Å². The van der Waals surface area contributed by atoms with E-state index in [9.17, 15) is 23.1 Å². The molecule has 0 amide bonds. The van der Waals surface area contributed by atoms with E-state index in [2.05, 4.69) is 0 Å². The molecule has 0 unspecified atom stereocenters. The van der Waals surface area contributed by atoms with Gasteiger partial charge in [-0.3, -0.25) is 14.7 Å². The van der Waals surface area contributed by atoms with E-state index in [1.54, 1.807) is 48.5 Å². The largest absolute Gasteiger partial charge is 0.455 e. The summed E-state index contributed by atoms with van der Waals surface area (Å²) in [5.74, 6) is 0.250. The first-order chi connectivity index (χ1) is 12.9. The number of ether oxygens (including phenoxy) is 1. The van der Waals surface area contributed by atoms with Crippen LogP contribution in [0.3, 0.4) is 0 Å². The molecule has 9 heteroatoms. The van der Waals surface area contributed by atoms with Crippen LogP contribution in [0.15, 0.2) is 78.9 Å². The van der Waals surface area contributed by atoms with E-state index in [0.29, 0.717) is 10.1 Å². The van der Waals surface area contributed by atoms with Crippen LogP contribution < -0.4 is 9.04 Å². The van der Waals surface area contributed by atoms with Crippen molar-refractivity contribution in [1.82, 2.24) is 0 Å². The number of hydrogen-bond acceptors (Lipinski definition) is 5. The van der Waals surface area contributed by atoms with Gasteiger partial charge in [-0.1, -0.05) is 43.8 Å². The van der Waals surface area contributed by atoms with E-state index >= 15 is 0 Å². The summed E-state index contributed by atoms with van der Waals surface area (Å²) in [6.07, 6.45) is 0. The van der Waals surface area contributed by atoms with E-state index in [4.69, 9.17) is 4.74 Å². The van der Waals surface area contributed by atoms with Gasteiger partial charge in [0.1, 0.15) is 11.4 Å². The van der Waals surface area contributed by atoms with Gasteiger partial charge in [0.05, 0.1) is 16.7 Å². The molecule has 0 aliphatic rings. The maximum absolute atomic E-state index is 12.0. The quantitative estimate of drug-likeness (QED) is 0.354. The summed E-state index contributed by atoms with van der Waals surface area (Å²) in [5, 5.41) is 11.1. The Labute approximate surface area is 162 Å². The Morgan fingerprint density at radius 3 is 2.04 bits per heavy atom. The van der Waals surface area contributed by atoms with Gasteiger partial charge in [-0.2, -0.15) is 8.42 Å². The summed E-state index contributed by atoms with van der Waals surface area (Å²) in [7, 11) is -4.74. The second-order valence-electron chi connectivity index (χ2n) is 5.40. The maximum atomic E-state index is 12.0. The van der Waals surface area contributed by atoms with Crippen molar-refractivity contribution >= 4 is 27.4 Å². The Hall–Kier alpha value is -3.43. The Balaban J connectivity index is 0.00000280. The first-order valence-electron chi connectivity index (χ1n) is 7.70. The number of non-ortho nitro benzene ring substituents is 1. The van der Waals surface area contributed by atoms with Crippen molar-refractivity contribution in [1.29, 1.82) is 0 Å². The summed E-state index contributed by atoms with van der Waals surface area (Å²) >= 11 is 0. The van der Waals surface area contributed by atoms with Crippen LogP contribution in [-0.2, 0) is 10.3 Å². The number of rotatable bonds is 6. The molecule has 0 heterocycles. The van der Waals surface area contributed by atoms with Gasteiger partial charge in [-0.25, -0.2) is 4.31 Å². The van der Waals surface area contributed by atoms with E-state index in [0.717, 1.165) is 12.1 Å². The van der Waals surface area contributed by atoms with Crippen molar-refractivity contribution in [3.8, 4) is 11.5 Å². The standard InChI is InChI=1S/C18H14N2O6S.CH4/c21-20(22)15-11-12-17(18(13-15)26-16-9-5-2-6-10-16)19(27(23,24)25)14-7-3-1-4-8-14;/h1-13H,(H,23,24,25);1H4. The minimum atomic E-state index is -4.74. The molecule has 0 bridgehead atoms. The molecular weight excluding hydrogens is 384 g/mol. The van der Waals surface area contributed by atoms with Crippen LogP contribution in [0.2, 0.25) is 0 Å². The van der Waals surface area contributed by atoms with Crippen molar-refractivity contribution in [2.24, 2.45) is 0 Å². The summed E-state index contributed by atoms with van der Waals surface area (Å²) in [6, 6.07) is 19.6. The van der Waals surface area contributed by atoms with Crippen molar-refractivity contribution in [3.05, 3.63) is 89.0 Å². The van der Waals surface area contributed by atoms with Gasteiger partial charge in [0.15, 0.2) is 5.75 Å². The Bertz CT molecular complexity index is 1060. The fraction of sp³-hybridized carbons (Fsp3) is 0.0526. The SMILES string of the molecule is C.O=[N+]([O-])c1ccc(N(c2ccccc2)S(=O)(=O)O)c(Oc2ccccc2)c1. The molecule has 0 saturated heterocycles. The third kappa shape index (κ3) is 4.64. The molecule has 146 valence electrons. The van der Waals surface area contributed by atoms with Gasteiger partial charge in [0, 0.05) is 6.07 Å². The van der Waals surface area contributed by atoms with Gasteiger partial charge in [-0.05, 0) is 30.3 Å². The molecular formula is C19H18N2O6S. The third-order valence-electron chi connectivity index (χ3n) is 3.57. The molecule has 0 spiro atoms. The zero-order valence-corrected chi connectivity index (χ0v) is 14.6. The summed E-state index contributed by atoms with van der Waals surface area (Å²) in [5.41, 5.74) is -0.210. The van der Waals surface area contributed by atoms with Crippen LogP contribution in [0.5, 0.6) is 11.5 Å². The van der Waals surface area contributed by atoms with Crippen LogP contribution >= 0.6 is 0 Å². The van der Waals surface area contributed by atoms with E-state index in [1.807, 2.05) is 0 Å². The van der Waals surface area contributed by atoms with E-state index in [1.165, 1.54) is 18.2 Å². The highest BCUT2D eigenvalue weighted by Crippen LogP contribution is 2.40. The van der Waals surface area contributed by atoms with Crippen molar-refractivity contribution < 1.29 is 22.6 Å². The predicted octanol–water partition coefficient (Wildman–Crippen LogP) is 4.96. The number of para-hydroxylation sites is 2. The van der Waals surface area contributed by atoms with Crippen molar-refractivity contribution in [2.45, 2.75) is 7.43 Å². The van der Waals surface area contributed by atoms with E-state index < -0.39 is 15.2 Å². The molecule has 0 saturated carbocycles. The molecule has 1 N–H and O–H groups in total. The molecule has 3 aromatic rings. The number of benzene rings is 3. The molecule has 0 radical (unpaired) electrons. The first kappa shape index (κ1) is 20.9. The lowest BCUT2D eigenvalue weighted by atomic mass is 10.2. The number of hydrogen-bond donors (Lipinski definition) is 1. The fourth-order valence-electron chi connectivity index (χ4n) is 2.44. The predicted molar refractivity (Wildman–Crippen MR) is 106 cm³/mol. The lowest BCUT2D eigenvalue weighted by Crippen LogP contribution is -2.25. The van der Waals surface area contributed by atoms with Crippen LogP contribution in [0.4, 0.5) is 17.1 Å². The monoisotopic (exact) mass is 402 g/mol. The number of anilines is 2. The summed E-state index contributed by atoms with van der Waals surface area (Å²) < 4.78 is 40.2. The van der Waals surface area contributed by atoms with Crippen LogP contribution in [0, 0.1) is 10.1 Å². The van der Waals surface area contributed by atoms with Gasteiger partial charge < -0.3 is 4.74 Å². The van der Waals surface area contributed by atoms with Gasteiger partial charge >= 0.3 is 10.3 Å². The highest BCUT2D eigenvalue weighted by Gasteiger charge is 2.27. The maximum Gasteiger partial charge on any atom is 0.364 e. The Kier molecular flexibility index (Phi) is 6.34. The lowest BCUT2D eigenvalue weighted by Gasteiger charge is -2.23. The molecule has 8 nitrogen and oxygen atoms in total. The second kappa shape index (κ2) is 8.51. The lowest BCUT2D eigenvalue weighted by molar-refractivity contribution is -0.384. The summed E-state index contributed by atoms with van der Waals surface area (Å²) in [4.78, 5) is 10.5. The third-order valence-corrected chi connectivity index (χ3v) is 4.43. The normalized spacial score (nSPS) is 10.6. The van der Waals surface area contributed by atoms with Gasteiger partial charge in [0.25, 0.3) is 5.69 Å². The number of nitro groups is 1. The van der Waals surface area contributed by atoms with Crippen LogP contribution in [0.25, 0.3) is 0 Å². The fourth-order valence-corrected chi connectivity index (χ4v) is 3.23. The zero-order chi connectivity index (χ0) is 19.4. The van der Waals surface area contributed by atoms with Gasteiger partial charge in [0.2, 0.25) is 0 Å². The first-order valence-corrected chi connectivity index (χ1v) is 9.10. The second-order valence-corrected chi connectivity index (χ2v) is 6.66.